The third-order valence-electron chi connectivity index (χ3n) is 7.33. The molecule has 1 saturated heterocycles. The molecule has 240 valence electrons. The van der Waals surface area contributed by atoms with Crippen molar-refractivity contribution in [3.05, 3.63) is 77.0 Å². The lowest BCUT2D eigenvalue weighted by atomic mass is 9.82. The van der Waals surface area contributed by atoms with E-state index in [9.17, 15) is 32.7 Å². The van der Waals surface area contributed by atoms with Crippen LogP contribution in [0.5, 0.6) is 0 Å². The van der Waals surface area contributed by atoms with E-state index in [1.807, 2.05) is 0 Å². The van der Waals surface area contributed by atoms with Gasteiger partial charge in [-0.05, 0) is 65.0 Å². The van der Waals surface area contributed by atoms with Crippen LogP contribution in [0, 0.1) is 17.5 Å². The maximum absolute atomic E-state index is 14.9. The minimum Gasteiger partial charge on any atom is -0.444 e. The molecular formula is C31H34F3N5O6. The number of benzene rings is 1. The number of nitrogens with one attached hydrogen (secondary N) is 3. The average Bonchev–Trinajstić information content (AvgIpc) is 2.95. The van der Waals surface area contributed by atoms with Crippen molar-refractivity contribution in [3.63, 3.8) is 0 Å². The Morgan fingerprint density at radius 3 is 2.36 bits per heavy atom. The fourth-order valence-electron chi connectivity index (χ4n) is 4.83. The number of halogens is 3. The van der Waals surface area contributed by atoms with Crippen LogP contribution in [0.1, 0.15) is 73.6 Å². The van der Waals surface area contributed by atoms with Crippen LogP contribution in [-0.2, 0) is 9.47 Å². The average molecular weight is 630 g/mol. The first-order chi connectivity index (χ1) is 21.0. The molecule has 4 rings (SSSR count). The summed E-state index contributed by atoms with van der Waals surface area (Å²) >= 11 is 0. The first kappa shape index (κ1) is 33.3. The van der Waals surface area contributed by atoms with E-state index in [0.29, 0.717) is 5.56 Å². The number of carbonyl (C=O) groups is 3. The highest BCUT2D eigenvalue weighted by atomic mass is 19.1. The summed E-state index contributed by atoms with van der Waals surface area (Å²) in [5.41, 5.74) is -3.93. The Labute approximate surface area is 257 Å². The summed E-state index contributed by atoms with van der Waals surface area (Å²) in [5, 5.41) is 18.7. The van der Waals surface area contributed by atoms with Crippen LogP contribution in [-0.4, -0.2) is 63.4 Å². The number of anilines is 1. The van der Waals surface area contributed by atoms with Crippen molar-refractivity contribution in [2.45, 2.75) is 70.5 Å². The monoisotopic (exact) mass is 629 g/mol. The predicted molar refractivity (Wildman–Crippen MR) is 157 cm³/mol. The van der Waals surface area contributed by atoms with Crippen LogP contribution in [0.4, 0.5) is 23.7 Å². The van der Waals surface area contributed by atoms with Gasteiger partial charge in [0.15, 0.2) is 0 Å². The van der Waals surface area contributed by atoms with Crippen molar-refractivity contribution in [2.24, 2.45) is 0 Å². The number of ether oxygens (including phenoxy) is 2. The predicted octanol–water partition coefficient (Wildman–Crippen LogP) is 4.67. The van der Waals surface area contributed by atoms with E-state index in [0.717, 1.165) is 24.3 Å². The van der Waals surface area contributed by atoms with Gasteiger partial charge in [0, 0.05) is 30.8 Å². The highest BCUT2D eigenvalue weighted by Gasteiger charge is 2.46. The lowest BCUT2D eigenvalue weighted by Gasteiger charge is -2.45. The molecule has 45 heavy (non-hydrogen) atoms. The van der Waals surface area contributed by atoms with Gasteiger partial charge < -0.3 is 30.5 Å². The Morgan fingerprint density at radius 2 is 1.73 bits per heavy atom. The molecule has 14 heteroatoms. The zero-order valence-electron chi connectivity index (χ0n) is 25.5. The van der Waals surface area contributed by atoms with Crippen LogP contribution in [0.3, 0.4) is 0 Å². The second-order valence-electron chi connectivity index (χ2n) is 11.8. The number of aliphatic hydroxyl groups is 1. The number of pyridine rings is 2. The highest BCUT2D eigenvalue weighted by Crippen LogP contribution is 2.39. The van der Waals surface area contributed by atoms with E-state index in [4.69, 9.17) is 9.47 Å². The summed E-state index contributed by atoms with van der Waals surface area (Å²) in [4.78, 5) is 45.6. The first-order valence-electron chi connectivity index (χ1n) is 14.0. The molecule has 4 atom stereocenters. The summed E-state index contributed by atoms with van der Waals surface area (Å²) in [6.45, 7) is 8.29. The van der Waals surface area contributed by atoms with Crippen LogP contribution in [0.2, 0.25) is 0 Å². The van der Waals surface area contributed by atoms with Crippen LogP contribution in [0.15, 0.2) is 42.7 Å². The van der Waals surface area contributed by atoms with Crippen LogP contribution >= 0.6 is 0 Å². The van der Waals surface area contributed by atoms with Gasteiger partial charge in [-0.1, -0.05) is 0 Å². The number of nitrogens with zero attached hydrogens (tertiary/aromatic N) is 2. The smallest absolute Gasteiger partial charge is 0.407 e. The zero-order valence-corrected chi connectivity index (χ0v) is 25.5. The summed E-state index contributed by atoms with van der Waals surface area (Å²) in [6.07, 6.45) is 0.660. The quantitative estimate of drug-likeness (QED) is 0.307. The van der Waals surface area contributed by atoms with Crippen molar-refractivity contribution in [1.29, 1.82) is 0 Å². The Balaban J connectivity index is 1.61. The minimum absolute atomic E-state index is 0.0903. The Morgan fingerprint density at radius 1 is 1.07 bits per heavy atom. The summed E-state index contributed by atoms with van der Waals surface area (Å²) in [7, 11) is 1.28. The fraction of sp³-hybridized carbons (Fsp3) is 0.387. The molecule has 4 N–H and O–H groups in total. The molecule has 3 heterocycles. The number of aromatic nitrogens is 2. The molecule has 1 fully saturated rings. The molecule has 4 unspecified atom stereocenters. The van der Waals surface area contributed by atoms with E-state index in [-0.39, 0.29) is 23.4 Å². The summed E-state index contributed by atoms with van der Waals surface area (Å²) in [6, 6.07) is 4.13. The van der Waals surface area contributed by atoms with Crippen LogP contribution in [0.25, 0.3) is 11.3 Å². The molecule has 0 bridgehead atoms. The maximum Gasteiger partial charge on any atom is 0.407 e. The molecule has 0 saturated carbocycles. The Kier molecular flexibility index (Phi) is 9.49. The summed E-state index contributed by atoms with van der Waals surface area (Å²) < 4.78 is 56.0. The van der Waals surface area contributed by atoms with E-state index in [1.54, 1.807) is 33.8 Å². The van der Waals surface area contributed by atoms with Gasteiger partial charge in [-0.2, -0.15) is 0 Å². The van der Waals surface area contributed by atoms with Gasteiger partial charge in [-0.3, -0.25) is 14.6 Å². The minimum atomic E-state index is -1.47. The standard InChI is InChI=1S/C31H34F3N5O6/c1-15-31(5,43)24(39-29(42)45-30(2,3)4)13-23(44-15)17-9-10-36-14-22(17)38-28(41)21-8-7-18(32)26(37-21)25-19(33)11-16(12-20(25)34)27(40)35-6/h7-12,14-15,23-24,43H,13H2,1-6H3,(H,35,40)(H,38,41)(H,39,42). The number of hydrogen-bond donors (Lipinski definition) is 4. The van der Waals surface area contributed by atoms with Crippen molar-refractivity contribution >= 4 is 23.6 Å². The van der Waals surface area contributed by atoms with Gasteiger partial charge >= 0.3 is 6.09 Å². The van der Waals surface area contributed by atoms with E-state index >= 15 is 0 Å². The fourth-order valence-corrected chi connectivity index (χ4v) is 4.83. The van der Waals surface area contributed by atoms with Crippen molar-refractivity contribution in [1.82, 2.24) is 20.6 Å². The molecule has 0 radical (unpaired) electrons. The number of carbonyl (C=O) groups excluding carboxylic acids is 3. The number of alkyl carbamates (subject to hydrolysis) is 1. The lowest BCUT2D eigenvalue weighted by Crippen LogP contribution is -2.61. The van der Waals surface area contributed by atoms with Crippen molar-refractivity contribution in [3.8, 4) is 11.3 Å². The molecule has 0 spiro atoms. The molecule has 1 aromatic carbocycles. The second kappa shape index (κ2) is 12.8. The zero-order chi connectivity index (χ0) is 33.3. The third kappa shape index (κ3) is 7.40. The Hall–Kier alpha value is -4.56. The van der Waals surface area contributed by atoms with Gasteiger partial charge in [0.25, 0.3) is 11.8 Å². The largest absolute Gasteiger partial charge is 0.444 e. The molecule has 3 aromatic rings. The second-order valence-corrected chi connectivity index (χ2v) is 11.8. The van der Waals surface area contributed by atoms with Crippen LogP contribution < -0.4 is 16.0 Å². The normalized spacial score (nSPS) is 21.5. The van der Waals surface area contributed by atoms with Gasteiger partial charge in [-0.15, -0.1) is 0 Å². The van der Waals surface area contributed by atoms with E-state index < -0.39 is 76.1 Å². The summed E-state index contributed by atoms with van der Waals surface area (Å²) in [5.74, 6) is -5.20. The van der Waals surface area contributed by atoms with E-state index in [1.165, 1.54) is 26.4 Å². The highest BCUT2D eigenvalue weighted by molar-refractivity contribution is 6.03. The van der Waals surface area contributed by atoms with Crippen molar-refractivity contribution < 1.29 is 42.1 Å². The molecular weight excluding hydrogens is 595 g/mol. The maximum atomic E-state index is 14.9. The molecule has 1 aliphatic heterocycles. The van der Waals surface area contributed by atoms with Gasteiger partial charge in [0.1, 0.15) is 40.0 Å². The molecule has 3 amide bonds. The third-order valence-corrected chi connectivity index (χ3v) is 7.33. The van der Waals surface area contributed by atoms with E-state index in [2.05, 4.69) is 25.9 Å². The number of hydrogen-bond acceptors (Lipinski definition) is 8. The van der Waals surface area contributed by atoms with Gasteiger partial charge in [-0.25, -0.2) is 22.9 Å². The van der Waals surface area contributed by atoms with Crippen molar-refractivity contribution in [2.75, 3.05) is 12.4 Å². The SMILES string of the molecule is CNC(=O)c1cc(F)c(-c2nc(C(=O)Nc3cnccc3C3CC(NC(=O)OC(C)(C)C)C(C)(O)C(C)O3)ccc2F)c(F)c1. The molecule has 0 aliphatic carbocycles. The molecule has 11 nitrogen and oxygen atoms in total. The lowest BCUT2D eigenvalue weighted by molar-refractivity contribution is -0.176. The number of rotatable bonds is 6. The molecule has 1 aliphatic rings. The molecule has 2 aromatic heterocycles. The van der Waals surface area contributed by atoms with Gasteiger partial charge in [0.2, 0.25) is 0 Å². The number of amides is 3. The van der Waals surface area contributed by atoms with Gasteiger partial charge in [0.05, 0.1) is 35.7 Å². The first-order valence-corrected chi connectivity index (χ1v) is 14.0. The topological polar surface area (TPSA) is 152 Å². The Bertz CT molecular complexity index is 1600.